The third-order valence-electron chi connectivity index (χ3n) is 5.22. The SMILES string of the molecule is O=C1CCN(Cc2ccc(-c3cc(F)cc(OCc4ccccc4)c3)cc2)CCN1. The minimum Gasteiger partial charge on any atom is -0.489 e. The number of rotatable bonds is 6. The Kier molecular flexibility index (Phi) is 6.40. The Bertz CT molecular complexity index is 990. The van der Waals surface area contributed by atoms with Crippen LogP contribution in [0.25, 0.3) is 11.1 Å². The Morgan fingerprint density at radius 1 is 0.900 bits per heavy atom. The van der Waals surface area contributed by atoms with Crippen molar-refractivity contribution in [1.82, 2.24) is 10.2 Å². The van der Waals surface area contributed by atoms with Crippen LogP contribution in [0.5, 0.6) is 5.75 Å². The summed E-state index contributed by atoms with van der Waals surface area (Å²) in [5, 5.41) is 2.89. The molecule has 0 aromatic heterocycles. The van der Waals surface area contributed by atoms with Gasteiger partial charge in [0.2, 0.25) is 5.91 Å². The van der Waals surface area contributed by atoms with E-state index in [4.69, 9.17) is 4.74 Å². The van der Waals surface area contributed by atoms with E-state index in [9.17, 15) is 9.18 Å². The molecule has 30 heavy (non-hydrogen) atoms. The van der Waals surface area contributed by atoms with E-state index in [0.717, 1.165) is 36.3 Å². The molecule has 0 spiro atoms. The molecule has 0 atom stereocenters. The number of hydrogen-bond donors (Lipinski definition) is 1. The fourth-order valence-corrected chi connectivity index (χ4v) is 3.59. The molecule has 0 radical (unpaired) electrons. The summed E-state index contributed by atoms with van der Waals surface area (Å²) in [4.78, 5) is 13.8. The maximum Gasteiger partial charge on any atom is 0.221 e. The summed E-state index contributed by atoms with van der Waals surface area (Å²) in [5.74, 6) is 0.310. The summed E-state index contributed by atoms with van der Waals surface area (Å²) >= 11 is 0. The number of carbonyl (C=O) groups excluding carboxylic acids is 1. The van der Waals surface area contributed by atoms with Gasteiger partial charge in [-0.15, -0.1) is 0 Å². The molecule has 1 aliphatic heterocycles. The van der Waals surface area contributed by atoms with Crippen molar-refractivity contribution in [3.63, 3.8) is 0 Å². The molecule has 4 rings (SSSR count). The maximum absolute atomic E-state index is 14.2. The van der Waals surface area contributed by atoms with Crippen LogP contribution in [0.1, 0.15) is 17.5 Å². The summed E-state index contributed by atoms with van der Waals surface area (Å²) in [6.07, 6.45) is 0.535. The first-order valence-electron chi connectivity index (χ1n) is 10.2. The van der Waals surface area contributed by atoms with Crippen molar-refractivity contribution in [2.45, 2.75) is 19.6 Å². The fourth-order valence-electron chi connectivity index (χ4n) is 3.59. The number of benzene rings is 3. The molecule has 3 aromatic rings. The Morgan fingerprint density at radius 3 is 2.50 bits per heavy atom. The molecule has 0 aliphatic carbocycles. The highest BCUT2D eigenvalue weighted by Crippen LogP contribution is 2.27. The molecule has 154 valence electrons. The lowest BCUT2D eigenvalue weighted by molar-refractivity contribution is -0.120. The lowest BCUT2D eigenvalue weighted by Crippen LogP contribution is -2.28. The second kappa shape index (κ2) is 9.55. The van der Waals surface area contributed by atoms with Gasteiger partial charge < -0.3 is 10.1 Å². The third-order valence-corrected chi connectivity index (χ3v) is 5.22. The number of amides is 1. The number of halogens is 1. The smallest absolute Gasteiger partial charge is 0.221 e. The van der Waals surface area contributed by atoms with E-state index in [2.05, 4.69) is 22.3 Å². The average Bonchev–Trinajstić information content (AvgIpc) is 2.97. The van der Waals surface area contributed by atoms with Crippen LogP contribution in [0.15, 0.2) is 72.8 Å². The highest BCUT2D eigenvalue weighted by molar-refractivity contribution is 5.76. The molecule has 1 fully saturated rings. The highest BCUT2D eigenvalue weighted by Gasteiger charge is 2.13. The molecular weight excluding hydrogens is 379 g/mol. The van der Waals surface area contributed by atoms with Crippen molar-refractivity contribution in [3.05, 3.63) is 89.7 Å². The Labute approximate surface area is 176 Å². The predicted octanol–water partition coefficient (Wildman–Crippen LogP) is 4.39. The van der Waals surface area contributed by atoms with E-state index >= 15 is 0 Å². The van der Waals surface area contributed by atoms with Gasteiger partial charge in [-0.3, -0.25) is 9.69 Å². The average molecular weight is 404 g/mol. The van der Waals surface area contributed by atoms with Crippen molar-refractivity contribution in [1.29, 1.82) is 0 Å². The summed E-state index contributed by atoms with van der Waals surface area (Å²) in [5.41, 5.74) is 3.94. The third kappa shape index (κ3) is 5.45. The Hall–Kier alpha value is -3.18. The number of hydrogen-bond acceptors (Lipinski definition) is 3. The summed E-state index contributed by atoms with van der Waals surface area (Å²) < 4.78 is 20.0. The molecule has 1 N–H and O–H groups in total. The zero-order valence-corrected chi connectivity index (χ0v) is 16.8. The predicted molar refractivity (Wildman–Crippen MR) is 116 cm³/mol. The standard InChI is InChI=1S/C25H25FN2O2/c26-23-14-22(15-24(16-23)30-18-20-4-2-1-3-5-20)21-8-6-19(7-9-21)17-28-12-10-25(29)27-11-13-28/h1-9,14-16H,10-13,17-18H2,(H,27,29). The molecule has 0 bridgehead atoms. The zero-order chi connectivity index (χ0) is 20.8. The molecular formula is C25H25FN2O2. The van der Waals surface area contributed by atoms with Gasteiger partial charge in [-0.1, -0.05) is 54.6 Å². The molecule has 4 nitrogen and oxygen atoms in total. The molecule has 5 heteroatoms. The van der Waals surface area contributed by atoms with Gasteiger partial charge in [0.25, 0.3) is 0 Å². The monoisotopic (exact) mass is 404 g/mol. The lowest BCUT2D eigenvalue weighted by atomic mass is 10.0. The molecule has 1 aliphatic rings. The number of carbonyl (C=O) groups is 1. The van der Waals surface area contributed by atoms with Gasteiger partial charge in [0.1, 0.15) is 18.2 Å². The van der Waals surface area contributed by atoms with Crippen molar-refractivity contribution >= 4 is 5.91 Å². The fraction of sp³-hybridized carbons (Fsp3) is 0.240. The van der Waals surface area contributed by atoms with Gasteiger partial charge in [-0.25, -0.2) is 4.39 Å². The second-order valence-electron chi connectivity index (χ2n) is 7.52. The van der Waals surface area contributed by atoms with Crippen LogP contribution in [0.3, 0.4) is 0 Å². The lowest BCUT2D eigenvalue weighted by Gasteiger charge is -2.19. The Morgan fingerprint density at radius 2 is 1.70 bits per heavy atom. The van der Waals surface area contributed by atoms with Crippen LogP contribution in [0, 0.1) is 5.82 Å². The van der Waals surface area contributed by atoms with Crippen molar-refractivity contribution in [3.8, 4) is 16.9 Å². The first kappa shape index (κ1) is 20.1. The first-order valence-corrected chi connectivity index (χ1v) is 10.2. The van der Waals surface area contributed by atoms with E-state index in [1.54, 1.807) is 0 Å². The number of nitrogens with zero attached hydrogens (tertiary/aromatic N) is 1. The van der Waals surface area contributed by atoms with Gasteiger partial charge in [0.05, 0.1) is 0 Å². The van der Waals surface area contributed by atoms with Gasteiger partial charge in [-0.05, 0) is 34.4 Å². The van der Waals surface area contributed by atoms with Crippen LogP contribution in [-0.4, -0.2) is 30.4 Å². The maximum atomic E-state index is 14.2. The summed E-state index contributed by atoms with van der Waals surface area (Å²) in [6.45, 7) is 3.49. The van der Waals surface area contributed by atoms with Gasteiger partial charge in [0.15, 0.2) is 0 Å². The van der Waals surface area contributed by atoms with E-state index < -0.39 is 0 Å². The largest absolute Gasteiger partial charge is 0.489 e. The van der Waals surface area contributed by atoms with Gasteiger partial charge >= 0.3 is 0 Å². The summed E-state index contributed by atoms with van der Waals surface area (Å²) in [7, 11) is 0. The van der Waals surface area contributed by atoms with E-state index in [0.29, 0.717) is 25.3 Å². The van der Waals surface area contributed by atoms with Crippen LogP contribution < -0.4 is 10.1 Å². The number of ether oxygens (including phenoxy) is 1. The zero-order valence-electron chi connectivity index (χ0n) is 16.8. The molecule has 3 aromatic carbocycles. The van der Waals surface area contributed by atoms with Crippen molar-refractivity contribution < 1.29 is 13.9 Å². The topological polar surface area (TPSA) is 41.6 Å². The van der Waals surface area contributed by atoms with E-state index in [-0.39, 0.29) is 11.7 Å². The van der Waals surface area contributed by atoms with Crippen LogP contribution in [0.4, 0.5) is 4.39 Å². The Balaban J connectivity index is 1.43. The molecule has 0 unspecified atom stereocenters. The molecule has 1 saturated heterocycles. The van der Waals surface area contributed by atoms with Crippen LogP contribution >= 0.6 is 0 Å². The number of nitrogens with one attached hydrogen (secondary N) is 1. The van der Waals surface area contributed by atoms with E-state index in [1.165, 1.54) is 17.7 Å². The molecule has 1 amide bonds. The minimum atomic E-state index is -0.318. The van der Waals surface area contributed by atoms with Gasteiger partial charge in [0, 0.05) is 38.7 Å². The van der Waals surface area contributed by atoms with E-state index in [1.807, 2.05) is 48.5 Å². The summed E-state index contributed by atoms with van der Waals surface area (Å²) in [6, 6.07) is 22.8. The second-order valence-corrected chi connectivity index (χ2v) is 7.52. The normalized spacial score (nSPS) is 14.8. The molecule has 1 heterocycles. The van der Waals surface area contributed by atoms with Crippen molar-refractivity contribution in [2.24, 2.45) is 0 Å². The molecule has 0 saturated carbocycles. The first-order chi connectivity index (χ1) is 14.7. The highest BCUT2D eigenvalue weighted by atomic mass is 19.1. The van der Waals surface area contributed by atoms with Crippen molar-refractivity contribution in [2.75, 3.05) is 19.6 Å². The quantitative estimate of drug-likeness (QED) is 0.662. The van der Waals surface area contributed by atoms with Gasteiger partial charge in [-0.2, -0.15) is 0 Å². The van der Waals surface area contributed by atoms with Crippen LogP contribution in [0.2, 0.25) is 0 Å². The minimum absolute atomic E-state index is 0.115. The van der Waals surface area contributed by atoms with Crippen LogP contribution in [-0.2, 0) is 17.9 Å².